The molecule has 114 valence electrons. The highest BCUT2D eigenvalue weighted by Crippen LogP contribution is 2.26. The number of carbonyl (C=O) groups excluding carboxylic acids is 1. The Balaban J connectivity index is 0.00000324. The molecule has 2 N–H and O–H groups in total. The highest BCUT2D eigenvalue weighted by atomic mass is 35.5. The van der Waals surface area contributed by atoms with Gasteiger partial charge in [0.2, 0.25) is 5.91 Å². The zero-order valence-corrected chi connectivity index (χ0v) is 13.5. The summed E-state index contributed by atoms with van der Waals surface area (Å²) in [6, 6.07) is -0.318. The van der Waals surface area contributed by atoms with Crippen molar-refractivity contribution in [3.8, 4) is 0 Å². The van der Waals surface area contributed by atoms with E-state index in [1.54, 1.807) is 0 Å². The van der Waals surface area contributed by atoms with Crippen LogP contribution >= 0.6 is 12.4 Å². The van der Waals surface area contributed by atoms with Crippen LogP contribution in [0.4, 0.5) is 0 Å². The minimum absolute atomic E-state index is 0. The second-order valence-electron chi connectivity index (χ2n) is 6.29. The lowest BCUT2D eigenvalue weighted by atomic mass is 9.87. The predicted octanol–water partition coefficient (Wildman–Crippen LogP) is 3.21. The van der Waals surface area contributed by atoms with Crippen LogP contribution in [-0.2, 0) is 4.79 Å². The first kappa shape index (κ1) is 18.7. The summed E-state index contributed by atoms with van der Waals surface area (Å²) < 4.78 is 0. The molecule has 0 bridgehead atoms. The Morgan fingerprint density at radius 3 is 2.37 bits per heavy atom. The first-order valence-electron chi connectivity index (χ1n) is 7.51. The Kier molecular flexibility index (Phi) is 9.46. The molecule has 19 heavy (non-hydrogen) atoms. The van der Waals surface area contributed by atoms with Crippen molar-refractivity contribution in [3.05, 3.63) is 0 Å². The summed E-state index contributed by atoms with van der Waals surface area (Å²) in [7, 11) is 1.89. The van der Waals surface area contributed by atoms with Crippen LogP contribution in [0, 0.1) is 11.8 Å². The first-order valence-corrected chi connectivity index (χ1v) is 7.51. The molecule has 0 radical (unpaired) electrons. The lowest BCUT2D eigenvalue weighted by Crippen LogP contribution is -2.43. The average molecular weight is 291 g/mol. The van der Waals surface area contributed by atoms with E-state index in [1.807, 2.05) is 11.9 Å². The highest BCUT2D eigenvalue weighted by molar-refractivity contribution is 5.85. The third-order valence-corrected chi connectivity index (χ3v) is 4.02. The molecule has 3 nitrogen and oxygen atoms in total. The fraction of sp³-hybridized carbons (Fsp3) is 0.933. The fourth-order valence-electron chi connectivity index (χ4n) is 2.85. The van der Waals surface area contributed by atoms with E-state index in [2.05, 4.69) is 13.8 Å². The number of hydrogen-bond donors (Lipinski definition) is 1. The molecule has 0 unspecified atom stereocenters. The lowest BCUT2D eigenvalue weighted by molar-refractivity contribution is -0.131. The van der Waals surface area contributed by atoms with Crippen molar-refractivity contribution < 1.29 is 4.79 Å². The van der Waals surface area contributed by atoms with Gasteiger partial charge in [0.15, 0.2) is 0 Å². The summed E-state index contributed by atoms with van der Waals surface area (Å²) in [5, 5.41) is 0. The second kappa shape index (κ2) is 9.60. The van der Waals surface area contributed by atoms with Gasteiger partial charge in [-0.25, -0.2) is 0 Å². The third kappa shape index (κ3) is 7.17. The predicted molar refractivity (Wildman–Crippen MR) is 83.5 cm³/mol. The van der Waals surface area contributed by atoms with Crippen LogP contribution in [0.15, 0.2) is 0 Å². The molecule has 0 aromatic heterocycles. The molecule has 0 aromatic rings. The molecule has 1 aliphatic rings. The number of carbonyl (C=O) groups is 1. The van der Waals surface area contributed by atoms with E-state index in [9.17, 15) is 4.79 Å². The maximum absolute atomic E-state index is 12.1. The van der Waals surface area contributed by atoms with E-state index >= 15 is 0 Å². The Morgan fingerprint density at radius 1 is 1.26 bits per heavy atom. The van der Waals surface area contributed by atoms with Gasteiger partial charge >= 0.3 is 0 Å². The summed E-state index contributed by atoms with van der Waals surface area (Å²) in [6.45, 7) is 5.08. The maximum Gasteiger partial charge on any atom is 0.239 e. The van der Waals surface area contributed by atoms with E-state index in [-0.39, 0.29) is 24.4 Å². The van der Waals surface area contributed by atoms with Gasteiger partial charge in [-0.15, -0.1) is 12.4 Å². The number of halogens is 1. The van der Waals surface area contributed by atoms with Crippen molar-refractivity contribution in [2.75, 3.05) is 13.6 Å². The van der Waals surface area contributed by atoms with Gasteiger partial charge < -0.3 is 10.6 Å². The quantitative estimate of drug-likeness (QED) is 0.816. The number of amides is 1. The Morgan fingerprint density at radius 2 is 1.84 bits per heavy atom. The molecule has 0 aromatic carbocycles. The van der Waals surface area contributed by atoms with Crippen molar-refractivity contribution in [2.24, 2.45) is 17.6 Å². The summed E-state index contributed by atoms with van der Waals surface area (Å²) in [4.78, 5) is 13.9. The largest absolute Gasteiger partial charge is 0.344 e. The van der Waals surface area contributed by atoms with E-state index in [0.29, 0.717) is 5.92 Å². The molecular formula is C15H31ClN2O. The molecular weight excluding hydrogens is 260 g/mol. The molecule has 1 atom stereocenters. The van der Waals surface area contributed by atoms with Gasteiger partial charge in [-0.3, -0.25) is 4.79 Å². The topological polar surface area (TPSA) is 46.3 Å². The smallest absolute Gasteiger partial charge is 0.239 e. The average Bonchev–Trinajstić information content (AvgIpc) is 2.35. The number of likely N-dealkylation sites (N-methyl/N-ethyl adjacent to an activating group) is 1. The van der Waals surface area contributed by atoms with Crippen LogP contribution in [0.3, 0.4) is 0 Å². The molecule has 0 saturated heterocycles. The highest BCUT2D eigenvalue weighted by Gasteiger charge is 2.20. The molecule has 0 aliphatic heterocycles. The van der Waals surface area contributed by atoms with Crippen LogP contribution in [0.25, 0.3) is 0 Å². The fourth-order valence-corrected chi connectivity index (χ4v) is 2.85. The SMILES string of the molecule is CC(C)C[C@H](N)C(=O)N(C)CCC1CCCCC1.Cl. The van der Waals surface area contributed by atoms with Gasteiger partial charge in [0.1, 0.15) is 0 Å². The third-order valence-electron chi connectivity index (χ3n) is 4.02. The van der Waals surface area contributed by atoms with E-state index in [4.69, 9.17) is 5.73 Å². The van der Waals surface area contributed by atoms with Gasteiger partial charge in [-0.2, -0.15) is 0 Å². The molecule has 1 rings (SSSR count). The van der Waals surface area contributed by atoms with Crippen molar-refractivity contribution in [3.63, 3.8) is 0 Å². The van der Waals surface area contributed by atoms with Crippen molar-refractivity contribution in [2.45, 2.75) is 64.8 Å². The van der Waals surface area contributed by atoms with E-state index in [1.165, 1.54) is 32.1 Å². The maximum atomic E-state index is 12.1. The van der Waals surface area contributed by atoms with Crippen LogP contribution in [0.1, 0.15) is 58.8 Å². The minimum atomic E-state index is -0.318. The van der Waals surface area contributed by atoms with E-state index in [0.717, 1.165) is 25.3 Å². The standard InChI is InChI=1S/C15H30N2O.ClH/c1-12(2)11-14(16)15(18)17(3)10-9-13-7-5-4-6-8-13;/h12-14H,4-11,16H2,1-3H3;1H/t14-;/m0./s1. The number of nitrogens with zero attached hydrogens (tertiary/aromatic N) is 1. The van der Waals surface area contributed by atoms with Crippen LogP contribution < -0.4 is 5.73 Å². The van der Waals surface area contributed by atoms with Gasteiger partial charge in [-0.1, -0.05) is 46.0 Å². The van der Waals surface area contributed by atoms with Crippen LogP contribution in [-0.4, -0.2) is 30.4 Å². The van der Waals surface area contributed by atoms with Gasteiger partial charge in [0.25, 0.3) is 0 Å². The summed E-state index contributed by atoms with van der Waals surface area (Å²) in [5.41, 5.74) is 5.94. The lowest BCUT2D eigenvalue weighted by Gasteiger charge is -2.26. The summed E-state index contributed by atoms with van der Waals surface area (Å²) in [5.74, 6) is 1.42. The first-order chi connectivity index (χ1) is 8.50. The Bertz CT molecular complexity index is 253. The van der Waals surface area contributed by atoms with Crippen molar-refractivity contribution in [1.29, 1.82) is 0 Å². The Labute approximate surface area is 124 Å². The van der Waals surface area contributed by atoms with Crippen molar-refractivity contribution in [1.82, 2.24) is 4.90 Å². The minimum Gasteiger partial charge on any atom is -0.344 e. The molecule has 4 heteroatoms. The van der Waals surface area contributed by atoms with Gasteiger partial charge in [-0.05, 0) is 24.7 Å². The molecule has 0 spiro atoms. The monoisotopic (exact) mass is 290 g/mol. The van der Waals surface area contributed by atoms with Crippen molar-refractivity contribution >= 4 is 18.3 Å². The van der Waals surface area contributed by atoms with Crippen LogP contribution in [0.5, 0.6) is 0 Å². The normalized spacial score (nSPS) is 17.9. The van der Waals surface area contributed by atoms with Gasteiger partial charge in [0.05, 0.1) is 6.04 Å². The van der Waals surface area contributed by atoms with Crippen LogP contribution in [0.2, 0.25) is 0 Å². The molecule has 1 aliphatic carbocycles. The molecule has 1 saturated carbocycles. The van der Waals surface area contributed by atoms with Gasteiger partial charge in [0, 0.05) is 13.6 Å². The molecule has 1 amide bonds. The second-order valence-corrected chi connectivity index (χ2v) is 6.29. The molecule has 1 fully saturated rings. The number of rotatable bonds is 6. The summed E-state index contributed by atoms with van der Waals surface area (Å²) in [6.07, 6.45) is 8.76. The zero-order valence-electron chi connectivity index (χ0n) is 12.7. The summed E-state index contributed by atoms with van der Waals surface area (Å²) >= 11 is 0. The number of nitrogens with two attached hydrogens (primary N) is 1. The van der Waals surface area contributed by atoms with E-state index < -0.39 is 0 Å². The zero-order chi connectivity index (χ0) is 13.5. The number of hydrogen-bond acceptors (Lipinski definition) is 2. The Hall–Kier alpha value is -0.280. The molecule has 0 heterocycles.